The van der Waals surface area contributed by atoms with Crippen molar-refractivity contribution in [1.82, 2.24) is 0 Å². The van der Waals surface area contributed by atoms with Crippen molar-refractivity contribution >= 4 is 29.0 Å². The molecule has 1 unspecified atom stereocenters. The van der Waals surface area contributed by atoms with E-state index in [4.69, 9.17) is 0 Å². The second-order valence-corrected chi connectivity index (χ2v) is 7.36. The van der Waals surface area contributed by atoms with Crippen LogP contribution in [0, 0.1) is 6.92 Å². The Morgan fingerprint density at radius 3 is 2.37 bits per heavy atom. The van der Waals surface area contributed by atoms with Crippen molar-refractivity contribution in [3.05, 3.63) is 95.1 Å². The number of hydrogen-bond acceptors (Lipinski definition) is 4. The predicted molar refractivity (Wildman–Crippen MR) is 113 cm³/mol. The lowest BCUT2D eigenvalue weighted by Gasteiger charge is -2.20. The molecule has 6 nitrogen and oxygen atoms in total. The number of aliphatic hydroxyl groups is 1. The van der Waals surface area contributed by atoms with Gasteiger partial charge in [-0.15, -0.1) is 0 Å². The summed E-state index contributed by atoms with van der Waals surface area (Å²) >= 11 is 0. The zero-order chi connectivity index (χ0) is 21.3. The molecule has 2 amide bonds. The van der Waals surface area contributed by atoms with Crippen LogP contribution in [0.2, 0.25) is 0 Å². The van der Waals surface area contributed by atoms with Gasteiger partial charge in [0.25, 0.3) is 11.8 Å². The Kier molecular flexibility index (Phi) is 4.93. The smallest absolute Gasteiger partial charge is 0.261 e. The fraction of sp³-hybridized carbons (Fsp3) is 0.125. The van der Waals surface area contributed by atoms with Gasteiger partial charge >= 0.3 is 0 Å². The Bertz CT molecular complexity index is 1140. The third-order valence-electron chi connectivity index (χ3n) is 5.17. The average Bonchev–Trinajstić information content (AvgIpc) is 2.99. The number of ketones is 1. The molecule has 1 heterocycles. The van der Waals surface area contributed by atoms with E-state index in [2.05, 4.69) is 10.6 Å². The first kappa shape index (κ1) is 19.5. The lowest BCUT2D eigenvalue weighted by Crippen LogP contribution is -2.36. The fourth-order valence-electron chi connectivity index (χ4n) is 3.46. The fourth-order valence-corrected chi connectivity index (χ4v) is 3.46. The van der Waals surface area contributed by atoms with Crippen LogP contribution >= 0.6 is 0 Å². The molecule has 0 aromatic heterocycles. The molecule has 0 bridgehead atoms. The largest absolute Gasteiger partial charge is 0.375 e. The summed E-state index contributed by atoms with van der Waals surface area (Å²) in [4.78, 5) is 37.7. The molecule has 0 saturated carbocycles. The molecular weight excluding hydrogens is 380 g/mol. The number of carbonyl (C=O) groups is 3. The van der Waals surface area contributed by atoms with Crippen LogP contribution in [0.5, 0.6) is 0 Å². The number of hydrogen-bond donors (Lipinski definition) is 3. The van der Waals surface area contributed by atoms with E-state index in [9.17, 15) is 19.5 Å². The van der Waals surface area contributed by atoms with Gasteiger partial charge in [-0.1, -0.05) is 48.0 Å². The van der Waals surface area contributed by atoms with E-state index in [0.29, 0.717) is 22.5 Å². The summed E-state index contributed by atoms with van der Waals surface area (Å²) in [5, 5.41) is 16.5. The van der Waals surface area contributed by atoms with Gasteiger partial charge < -0.3 is 15.7 Å². The number of aryl methyl sites for hydroxylation is 1. The van der Waals surface area contributed by atoms with Crippen molar-refractivity contribution in [1.29, 1.82) is 0 Å². The Morgan fingerprint density at radius 2 is 1.67 bits per heavy atom. The summed E-state index contributed by atoms with van der Waals surface area (Å²) in [6, 6.07) is 20.4. The van der Waals surface area contributed by atoms with E-state index >= 15 is 0 Å². The van der Waals surface area contributed by atoms with Crippen molar-refractivity contribution in [2.45, 2.75) is 18.9 Å². The molecule has 4 rings (SSSR count). The van der Waals surface area contributed by atoms with E-state index in [0.717, 1.165) is 5.56 Å². The zero-order valence-electron chi connectivity index (χ0n) is 16.3. The number of anilines is 2. The zero-order valence-corrected chi connectivity index (χ0v) is 16.3. The highest BCUT2D eigenvalue weighted by Crippen LogP contribution is 2.40. The summed E-state index contributed by atoms with van der Waals surface area (Å²) in [6.07, 6.45) is -0.398. The standard InChI is InChI=1S/C24H20N2O4/c1-15-7-9-16(10-8-15)21(27)14-24(30)19-13-18(11-12-20(19)26-23(24)29)25-22(28)17-5-3-2-4-6-17/h2-13,30H,14H2,1H3,(H,25,28)(H,26,29). The second kappa shape index (κ2) is 7.57. The maximum atomic E-state index is 12.7. The minimum absolute atomic E-state index is 0.263. The van der Waals surface area contributed by atoms with Gasteiger partial charge in [0, 0.05) is 28.1 Å². The summed E-state index contributed by atoms with van der Waals surface area (Å²) in [5.74, 6) is -1.32. The molecule has 30 heavy (non-hydrogen) atoms. The molecule has 0 aliphatic carbocycles. The van der Waals surface area contributed by atoms with Gasteiger partial charge in [0.1, 0.15) is 0 Å². The van der Waals surface area contributed by atoms with Gasteiger partial charge in [0.05, 0.1) is 6.42 Å². The molecule has 150 valence electrons. The van der Waals surface area contributed by atoms with Crippen LogP contribution in [-0.4, -0.2) is 22.7 Å². The number of nitrogens with one attached hydrogen (secondary N) is 2. The number of rotatable bonds is 5. The minimum Gasteiger partial charge on any atom is -0.375 e. The Morgan fingerprint density at radius 1 is 0.967 bits per heavy atom. The Hall–Kier alpha value is -3.77. The third kappa shape index (κ3) is 3.60. The average molecular weight is 400 g/mol. The normalized spacial score (nSPS) is 17.2. The van der Waals surface area contributed by atoms with Gasteiger partial charge in [0.15, 0.2) is 11.4 Å². The van der Waals surface area contributed by atoms with Crippen LogP contribution < -0.4 is 10.6 Å². The molecule has 1 aliphatic heterocycles. The molecule has 3 aromatic carbocycles. The van der Waals surface area contributed by atoms with Crippen LogP contribution in [0.25, 0.3) is 0 Å². The first-order valence-corrected chi connectivity index (χ1v) is 9.51. The summed E-state index contributed by atoms with van der Waals surface area (Å²) in [6.45, 7) is 1.91. The van der Waals surface area contributed by atoms with Gasteiger partial charge in [-0.2, -0.15) is 0 Å². The molecule has 0 radical (unpaired) electrons. The Labute approximate surface area is 173 Å². The van der Waals surface area contributed by atoms with E-state index in [-0.39, 0.29) is 17.3 Å². The highest BCUT2D eigenvalue weighted by molar-refractivity contribution is 6.10. The monoisotopic (exact) mass is 400 g/mol. The molecule has 3 aromatic rings. The third-order valence-corrected chi connectivity index (χ3v) is 5.17. The quantitative estimate of drug-likeness (QED) is 0.570. The van der Waals surface area contributed by atoms with E-state index in [1.807, 2.05) is 13.0 Å². The van der Waals surface area contributed by atoms with Crippen molar-refractivity contribution in [2.75, 3.05) is 10.6 Å². The van der Waals surface area contributed by atoms with Crippen molar-refractivity contribution in [3.63, 3.8) is 0 Å². The summed E-state index contributed by atoms with van der Waals surface area (Å²) in [7, 11) is 0. The summed E-state index contributed by atoms with van der Waals surface area (Å²) < 4.78 is 0. The lowest BCUT2D eigenvalue weighted by molar-refractivity contribution is -0.133. The first-order chi connectivity index (χ1) is 14.4. The lowest BCUT2D eigenvalue weighted by atomic mass is 9.87. The topological polar surface area (TPSA) is 95.5 Å². The minimum atomic E-state index is -2.01. The molecular formula is C24H20N2O4. The number of Topliss-reactive ketones (excluding diaryl/α,β-unsaturated/α-hetero) is 1. The summed E-state index contributed by atoms with van der Waals surface area (Å²) in [5.41, 5.74) is 0.995. The van der Waals surface area contributed by atoms with Gasteiger partial charge in [-0.3, -0.25) is 14.4 Å². The van der Waals surface area contributed by atoms with Crippen LogP contribution in [0.4, 0.5) is 11.4 Å². The molecule has 1 aliphatic rings. The number of fused-ring (bicyclic) bond motifs is 1. The first-order valence-electron chi connectivity index (χ1n) is 9.51. The van der Waals surface area contributed by atoms with Gasteiger partial charge in [-0.05, 0) is 37.3 Å². The molecule has 6 heteroatoms. The molecule has 1 atom stereocenters. The number of amides is 2. The molecule has 0 spiro atoms. The van der Waals surface area contributed by atoms with E-state index in [1.54, 1.807) is 60.7 Å². The maximum Gasteiger partial charge on any atom is 0.261 e. The van der Waals surface area contributed by atoms with E-state index in [1.165, 1.54) is 6.07 Å². The maximum absolute atomic E-state index is 12.7. The van der Waals surface area contributed by atoms with Crippen molar-refractivity contribution < 1.29 is 19.5 Å². The SMILES string of the molecule is Cc1ccc(C(=O)CC2(O)C(=O)Nc3ccc(NC(=O)c4ccccc4)cc32)cc1. The Balaban J connectivity index is 1.60. The van der Waals surface area contributed by atoms with Gasteiger partial charge in [0.2, 0.25) is 0 Å². The number of benzene rings is 3. The van der Waals surface area contributed by atoms with E-state index < -0.39 is 17.9 Å². The second-order valence-electron chi connectivity index (χ2n) is 7.36. The van der Waals surface area contributed by atoms with Crippen molar-refractivity contribution in [2.24, 2.45) is 0 Å². The predicted octanol–water partition coefficient (Wildman–Crippen LogP) is 3.66. The van der Waals surface area contributed by atoms with Gasteiger partial charge in [-0.25, -0.2) is 0 Å². The highest BCUT2D eigenvalue weighted by atomic mass is 16.3. The van der Waals surface area contributed by atoms with Crippen LogP contribution in [0.15, 0.2) is 72.8 Å². The molecule has 0 fully saturated rings. The number of carbonyl (C=O) groups excluding carboxylic acids is 3. The highest BCUT2D eigenvalue weighted by Gasteiger charge is 2.47. The van der Waals surface area contributed by atoms with Crippen LogP contribution in [0.1, 0.15) is 38.3 Å². The van der Waals surface area contributed by atoms with Crippen LogP contribution in [0.3, 0.4) is 0 Å². The van der Waals surface area contributed by atoms with Crippen LogP contribution in [-0.2, 0) is 10.4 Å². The molecule has 3 N–H and O–H groups in total. The molecule has 0 saturated heterocycles. The van der Waals surface area contributed by atoms with Crippen molar-refractivity contribution in [3.8, 4) is 0 Å².